The Morgan fingerprint density at radius 3 is 2.60 bits per heavy atom. The van der Waals surface area contributed by atoms with Crippen LogP contribution in [0.4, 0.5) is 10.5 Å². The van der Waals surface area contributed by atoms with E-state index in [9.17, 15) is 9.59 Å². The Kier molecular flexibility index (Phi) is 7.00. The SMILES string of the molecule is CC(C)NC(=S)NNC(=O)C1CCCN(C(=O)Nc2ccccc2)C1. The molecule has 1 aliphatic rings. The van der Waals surface area contributed by atoms with Crippen LogP contribution in [-0.2, 0) is 4.79 Å². The van der Waals surface area contributed by atoms with Gasteiger partial charge in [0.25, 0.3) is 0 Å². The topological polar surface area (TPSA) is 85.5 Å². The van der Waals surface area contributed by atoms with Gasteiger partial charge in [-0.25, -0.2) is 4.79 Å². The molecule has 25 heavy (non-hydrogen) atoms. The Labute approximate surface area is 153 Å². The van der Waals surface area contributed by atoms with Crippen molar-refractivity contribution in [3.63, 3.8) is 0 Å². The third kappa shape index (κ3) is 6.22. The number of anilines is 1. The lowest BCUT2D eigenvalue weighted by Gasteiger charge is -2.32. The summed E-state index contributed by atoms with van der Waals surface area (Å²) < 4.78 is 0. The van der Waals surface area contributed by atoms with Gasteiger partial charge in [0.1, 0.15) is 0 Å². The van der Waals surface area contributed by atoms with Crippen molar-refractivity contribution in [2.45, 2.75) is 32.7 Å². The average Bonchev–Trinajstić information content (AvgIpc) is 2.60. The normalized spacial score (nSPS) is 16.9. The molecule has 0 saturated carbocycles. The number of likely N-dealkylation sites (tertiary alicyclic amines) is 1. The number of para-hydroxylation sites is 1. The predicted octanol–water partition coefficient (Wildman–Crippen LogP) is 1.83. The Balaban J connectivity index is 1.82. The van der Waals surface area contributed by atoms with Crippen molar-refractivity contribution < 1.29 is 9.59 Å². The van der Waals surface area contributed by atoms with Gasteiger partial charge in [0.2, 0.25) is 5.91 Å². The van der Waals surface area contributed by atoms with E-state index in [1.165, 1.54) is 0 Å². The highest BCUT2D eigenvalue weighted by molar-refractivity contribution is 7.80. The largest absolute Gasteiger partial charge is 0.359 e. The maximum atomic E-state index is 12.4. The van der Waals surface area contributed by atoms with Crippen LogP contribution in [0.2, 0.25) is 0 Å². The van der Waals surface area contributed by atoms with Crippen LogP contribution in [0.3, 0.4) is 0 Å². The van der Waals surface area contributed by atoms with Crippen molar-refractivity contribution in [3.05, 3.63) is 30.3 Å². The van der Waals surface area contributed by atoms with Crippen LogP contribution in [0, 0.1) is 5.92 Å². The minimum absolute atomic E-state index is 0.162. The first-order chi connectivity index (χ1) is 12.0. The van der Waals surface area contributed by atoms with Crippen molar-refractivity contribution in [2.75, 3.05) is 18.4 Å². The molecule has 1 aromatic carbocycles. The van der Waals surface area contributed by atoms with Gasteiger partial charge in [-0.15, -0.1) is 0 Å². The third-order valence-electron chi connectivity index (χ3n) is 3.82. The molecule has 0 bridgehead atoms. The van der Waals surface area contributed by atoms with Gasteiger partial charge >= 0.3 is 6.03 Å². The van der Waals surface area contributed by atoms with E-state index in [-0.39, 0.29) is 23.9 Å². The summed E-state index contributed by atoms with van der Waals surface area (Å²) in [6.07, 6.45) is 1.53. The third-order valence-corrected chi connectivity index (χ3v) is 4.04. The van der Waals surface area contributed by atoms with Crippen molar-refractivity contribution in [1.82, 2.24) is 21.1 Å². The van der Waals surface area contributed by atoms with Crippen molar-refractivity contribution in [3.8, 4) is 0 Å². The molecule has 1 unspecified atom stereocenters. The van der Waals surface area contributed by atoms with E-state index in [1.54, 1.807) is 4.90 Å². The smallest absolute Gasteiger partial charge is 0.321 e. The van der Waals surface area contributed by atoms with Gasteiger partial charge in [-0.1, -0.05) is 18.2 Å². The zero-order valence-electron chi connectivity index (χ0n) is 14.5. The van der Waals surface area contributed by atoms with Crippen LogP contribution in [-0.4, -0.2) is 41.1 Å². The molecule has 4 N–H and O–H groups in total. The minimum Gasteiger partial charge on any atom is -0.359 e. The Morgan fingerprint density at radius 1 is 1.20 bits per heavy atom. The molecule has 1 atom stereocenters. The number of benzene rings is 1. The fraction of sp³-hybridized carbons (Fsp3) is 0.471. The van der Waals surface area contributed by atoms with Gasteiger partial charge in [0, 0.05) is 24.8 Å². The molecule has 1 aromatic rings. The van der Waals surface area contributed by atoms with Crippen molar-refractivity contribution in [1.29, 1.82) is 0 Å². The van der Waals surface area contributed by atoms with Crippen LogP contribution >= 0.6 is 12.2 Å². The van der Waals surface area contributed by atoms with E-state index in [1.807, 2.05) is 44.2 Å². The van der Waals surface area contributed by atoms with E-state index in [2.05, 4.69) is 21.5 Å². The van der Waals surface area contributed by atoms with Crippen LogP contribution < -0.4 is 21.5 Å². The molecule has 0 aromatic heterocycles. The number of carbonyl (C=O) groups excluding carboxylic acids is 2. The number of amides is 3. The first kappa shape index (κ1) is 19.0. The van der Waals surface area contributed by atoms with E-state index in [4.69, 9.17) is 12.2 Å². The molecule has 1 aliphatic heterocycles. The summed E-state index contributed by atoms with van der Waals surface area (Å²) in [6, 6.07) is 9.28. The highest BCUT2D eigenvalue weighted by Crippen LogP contribution is 2.18. The van der Waals surface area contributed by atoms with Gasteiger partial charge in [-0.3, -0.25) is 15.6 Å². The molecule has 8 heteroatoms. The molecular weight excluding hydrogens is 338 g/mol. The number of thiocarbonyl (C=S) groups is 1. The second-order valence-corrected chi connectivity index (χ2v) is 6.73. The molecule has 2 rings (SSSR count). The highest BCUT2D eigenvalue weighted by Gasteiger charge is 2.28. The number of urea groups is 1. The molecule has 1 heterocycles. The number of rotatable bonds is 3. The van der Waals surface area contributed by atoms with Crippen LogP contribution in [0.25, 0.3) is 0 Å². The first-order valence-corrected chi connectivity index (χ1v) is 8.84. The Bertz CT molecular complexity index is 608. The summed E-state index contributed by atoms with van der Waals surface area (Å²) in [7, 11) is 0. The van der Waals surface area contributed by atoms with Crippen molar-refractivity contribution in [2.24, 2.45) is 5.92 Å². The second kappa shape index (κ2) is 9.22. The number of hydrazine groups is 1. The molecule has 7 nitrogen and oxygen atoms in total. The molecular formula is C17H25N5O2S. The molecule has 0 spiro atoms. The quantitative estimate of drug-likeness (QED) is 0.486. The summed E-state index contributed by atoms with van der Waals surface area (Å²) >= 11 is 5.08. The second-order valence-electron chi connectivity index (χ2n) is 6.32. The minimum atomic E-state index is -0.260. The molecule has 1 fully saturated rings. The summed E-state index contributed by atoms with van der Waals surface area (Å²) in [6.45, 7) is 4.94. The molecule has 3 amide bonds. The van der Waals surface area contributed by atoms with Crippen LogP contribution in [0.5, 0.6) is 0 Å². The van der Waals surface area contributed by atoms with Crippen LogP contribution in [0.1, 0.15) is 26.7 Å². The Morgan fingerprint density at radius 2 is 1.92 bits per heavy atom. The van der Waals surface area contributed by atoms with E-state index in [0.29, 0.717) is 18.2 Å². The number of piperidine rings is 1. The lowest BCUT2D eigenvalue weighted by molar-refractivity contribution is -0.126. The van der Waals surface area contributed by atoms with Gasteiger partial charge in [0.15, 0.2) is 5.11 Å². The summed E-state index contributed by atoms with van der Waals surface area (Å²) in [5.41, 5.74) is 6.05. The number of nitrogens with zero attached hydrogens (tertiary/aromatic N) is 1. The maximum Gasteiger partial charge on any atom is 0.321 e. The summed E-state index contributed by atoms with van der Waals surface area (Å²) in [5, 5.41) is 6.21. The predicted molar refractivity (Wildman–Crippen MR) is 102 cm³/mol. The molecule has 0 aliphatic carbocycles. The fourth-order valence-electron chi connectivity index (χ4n) is 2.62. The zero-order valence-corrected chi connectivity index (χ0v) is 15.4. The number of hydrogen-bond acceptors (Lipinski definition) is 3. The van der Waals surface area contributed by atoms with Gasteiger partial charge in [0.05, 0.1) is 5.92 Å². The van der Waals surface area contributed by atoms with E-state index in [0.717, 1.165) is 18.5 Å². The lowest BCUT2D eigenvalue weighted by Crippen LogP contribution is -2.53. The average molecular weight is 363 g/mol. The molecule has 1 saturated heterocycles. The Hall–Kier alpha value is -2.35. The van der Waals surface area contributed by atoms with Crippen molar-refractivity contribution >= 4 is 35.0 Å². The lowest BCUT2D eigenvalue weighted by atomic mass is 9.98. The maximum absolute atomic E-state index is 12.4. The summed E-state index contributed by atoms with van der Waals surface area (Å²) in [4.78, 5) is 26.3. The standard InChI is InChI=1S/C17H25N5O2S/c1-12(2)18-16(25)21-20-15(23)13-7-6-10-22(11-13)17(24)19-14-8-4-3-5-9-14/h3-5,8-9,12-13H,6-7,10-11H2,1-2H3,(H,19,24)(H,20,23)(H2,18,21,25). The summed E-state index contributed by atoms with van der Waals surface area (Å²) in [5.74, 6) is -0.422. The first-order valence-electron chi connectivity index (χ1n) is 8.43. The van der Waals surface area contributed by atoms with Gasteiger partial charge in [-0.05, 0) is 51.0 Å². The highest BCUT2D eigenvalue weighted by atomic mass is 32.1. The molecule has 0 radical (unpaired) electrons. The van der Waals surface area contributed by atoms with Gasteiger partial charge in [-0.2, -0.15) is 0 Å². The zero-order chi connectivity index (χ0) is 18.2. The van der Waals surface area contributed by atoms with E-state index < -0.39 is 0 Å². The number of nitrogens with one attached hydrogen (secondary N) is 4. The van der Waals surface area contributed by atoms with Crippen LogP contribution in [0.15, 0.2) is 30.3 Å². The monoisotopic (exact) mass is 363 g/mol. The molecule has 136 valence electrons. The van der Waals surface area contributed by atoms with E-state index >= 15 is 0 Å². The fourth-order valence-corrected chi connectivity index (χ4v) is 2.91. The number of hydrogen-bond donors (Lipinski definition) is 4. The van der Waals surface area contributed by atoms with Gasteiger partial charge < -0.3 is 15.5 Å². The number of carbonyl (C=O) groups is 2.